The van der Waals surface area contributed by atoms with E-state index in [-0.39, 0.29) is 11.3 Å². The predicted molar refractivity (Wildman–Crippen MR) is 94.5 cm³/mol. The maximum Gasteiger partial charge on any atom is 0.217 e. The van der Waals surface area contributed by atoms with Crippen LogP contribution >= 0.6 is 0 Å². The molecule has 0 unspecified atom stereocenters. The van der Waals surface area contributed by atoms with Crippen LogP contribution in [0.2, 0.25) is 0 Å². The minimum Gasteiger partial charge on any atom is -0.370 e. The number of carbonyl (C=O) groups excluding carboxylic acids is 1. The average Bonchev–Trinajstić information content (AvgIpc) is 2.87. The molecule has 3 aromatic rings. The Labute approximate surface area is 134 Å². The van der Waals surface area contributed by atoms with Crippen LogP contribution in [-0.2, 0) is 4.79 Å². The topological polar surface area (TPSA) is 91.7 Å². The van der Waals surface area contributed by atoms with Crippen LogP contribution in [0.5, 0.6) is 0 Å². The number of carbonyl (C=O) groups is 1. The number of H-pyrrole nitrogens is 2. The molecule has 0 atom stereocenters. The van der Waals surface area contributed by atoms with Crippen LogP contribution in [0.3, 0.4) is 0 Å². The molecule has 0 aliphatic carbocycles. The summed E-state index contributed by atoms with van der Waals surface area (Å²) >= 11 is 0. The van der Waals surface area contributed by atoms with Gasteiger partial charge in [-0.2, -0.15) is 0 Å². The quantitative estimate of drug-likeness (QED) is 0.644. The molecular formula is C18H23N3O2. The van der Waals surface area contributed by atoms with E-state index in [0.29, 0.717) is 6.42 Å². The third-order valence-corrected chi connectivity index (χ3v) is 3.76. The summed E-state index contributed by atoms with van der Waals surface area (Å²) in [7, 11) is 0. The first-order valence-corrected chi connectivity index (χ1v) is 7.91. The lowest BCUT2D eigenvalue weighted by atomic mass is 10.2. The minimum atomic E-state index is -0.182. The lowest BCUT2D eigenvalue weighted by Gasteiger charge is -1.94. The van der Waals surface area contributed by atoms with Gasteiger partial charge in [-0.1, -0.05) is 19.8 Å². The summed E-state index contributed by atoms with van der Waals surface area (Å²) in [5.74, 6) is -0.182. The van der Waals surface area contributed by atoms with Crippen molar-refractivity contribution in [3.8, 4) is 0 Å². The number of amides is 1. The van der Waals surface area contributed by atoms with Crippen molar-refractivity contribution >= 4 is 27.7 Å². The van der Waals surface area contributed by atoms with Gasteiger partial charge in [0.2, 0.25) is 5.91 Å². The number of hydrogen-bond acceptors (Lipinski definition) is 2. The Morgan fingerprint density at radius 3 is 2.65 bits per heavy atom. The van der Waals surface area contributed by atoms with E-state index < -0.39 is 0 Å². The van der Waals surface area contributed by atoms with Crippen LogP contribution in [0.1, 0.15) is 38.3 Å². The number of nitrogens with two attached hydrogens (primary N) is 1. The second-order valence-corrected chi connectivity index (χ2v) is 5.65. The summed E-state index contributed by atoms with van der Waals surface area (Å²) in [4.78, 5) is 27.7. The van der Waals surface area contributed by atoms with E-state index in [1.807, 2.05) is 25.3 Å². The Bertz CT molecular complexity index is 861. The first-order valence-electron chi connectivity index (χ1n) is 7.91. The first-order chi connectivity index (χ1) is 11.0. The highest BCUT2D eigenvalue weighted by Gasteiger charge is 2.05. The van der Waals surface area contributed by atoms with Gasteiger partial charge in [-0.15, -0.1) is 0 Å². The number of aromatic amines is 2. The minimum absolute atomic E-state index is 0.0377. The van der Waals surface area contributed by atoms with Crippen molar-refractivity contribution < 1.29 is 4.79 Å². The number of unbranched alkanes of at least 4 members (excludes halogenated alkanes) is 2. The summed E-state index contributed by atoms with van der Waals surface area (Å²) in [6.07, 6.45) is 5.67. The molecule has 2 heterocycles. The van der Waals surface area contributed by atoms with E-state index in [1.54, 1.807) is 12.1 Å². The number of aryl methyl sites for hydroxylation is 1. The Hall–Kier alpha value is -2.56. The molecule has 2 aromatic heterocycles. The number of primary amides is 1. The Balaban J connectivity index is 0.000000207. The van der Waals surface area contributed by atoms with Gasteiger partial charge in [-0.05, 0) is 31.5 Å². The van der Waals surface area contributed by atoms with Gasteiger partial charge in [0, 0.05) is 35.2 Å². The molecular weight excluding hydrogens is 290 g/mol. The summed E-state index contributed by atoms with van der Waals surface area (Å²) < 4.78 is 0. The molecule has 0 spiro atoms. The first kappa shape index (κ1) is 16.8. The molecule has 3 rings (SSSR count). The maximum atomic E-state index is 11.2. The van der Waals surface area contributed by atoms with Crippen molar-refractivity contribution in [2.75, 3.05) is 0 Å². The van der Waals surface area contributed by atoms with Gasteiger partial charge in [0.15, 0.2) is 5.43 Å². The van der Waals surface area contributed by atoms with Crippen molar-refractivity contribution in [2.24, 2.45) is 5.73 Å². The van der Waals surface area contributed by atoms with Gasteiger partial charge in [0.25, 0.3) is 0 Å². The summed E-state index contributed by atoms with van der Waals surface area (Å²) in [6, 6.07) is 7.12. The van der Waals surface area contributed by atoms with Crippen LogP contribution in [0, 0.1) is 6.92 Å². The predicted octanol–water partition coefficient (Wildman–Crippen LogP) is 3.37. The molecule has 122 valence electrons. The lowest BCUT2D eigenvalue weighted by molar-refractivity contribution is -0.118. The third kappa shape index (κ3) is 4.22. The highest BCUT2D eigenvalue weighted by molar-refractivity contribution is 6.07. The van der Waals surface area contributed by atoms with Crippen molar-refractivity contribution in [3.05, 3.63) is 46.4 Å². The smallest absolute Gasteiger partial charge is 0.217 e. The molecule has 1 aromatic carbocycles. The van der Waals surface area contributed by atoms with E-state index in [9.17, 15) is 9.59 Å². The average molecular weight is 313 g/mol. The normalized spacial score (nSPS) is 10.5. The zero-order valence-electron chi connectivity index (χ0n) is 13.6. The molecule has 0 aliphatic heterocycles. The monoisotopic (exact) mass is 313 g/mol. The molecule has 1 amide bonds. The van der Waals surface area contributed by atoms with E-state index in [4.69, 9.17) is 5.73 Å². The highest BCUT2D eigenvalue weighted by Crippen LogP contribution is 2.24. The Kier molecular flexibility index (Phi) is 5.57. The fourth-order valence-electron chi connectivity index (χ4n) is 2.54. The summed E-state index contributed by atoms with van der Waals surface area (Å²) in [6.45, 7) is 4.11. The third-order valence-electron chi connectivity index (χ3n) is 3.76. The molecule has 0 fully saturated rings. The van der Waals surface area contributed by atoms with Gasteiger partial charge in [-0.3, -0.25) is 9.59 Å². The number of benzene rings is 1. The van der Waals surface area contributed by atoms with Crippen LogP contribution in [0.15, 0.2) is 35.3 Å². The standard InChI is InChI=1S/C12H10N2O.C6H13NO/c1-7-12-10(4-5-13-7)9-3-2-8(15)6-11(9)14-12;1-2-3-4-5-6(7)8/h2-6,13-14H,1H3;2-5H2,1H3,(H2,7,8). The zero-order chi connectivity index (χ0) is 16.8. The van der Waals surface area contributed by atoms with Crippen molar-refractivity contribution in [2.45, 2.75) is 39.5 Å². The van der Waals surface area contributed by atoms with E-state index in [2.05, 4.69) is 16.9 Å². The van der Waals surface area contributed by atoms with E-state index in [0.717, 1.165) is 46.8 Å². The second kappa shape index (κ2) is 7.63. The number of rotatable bonds is 4. The number of hydrogen-bond donors (Lipinski definition) is 3. The fourth-order valence-corrected chi connectivity index (χ4v) is 2.54. The number of fused-ring (bicyclic) bond motifs is 3. The van der Waals surface area contributed by atoms with E-state index >= 15 is 0 Å². The Morgan fingerprint density at radius 1 is 1.17 bits per heavy atom. The molecule has 0 bridgehead atoms. The SMILES string of the molecule is CCCCCC(N)=O.Cc1[nH]ccc2c1[nH]c1cc(=O)ccc12. The number of nitrogens with one attached hydrogen (secondary N) is 2. The molecule has 23 heavy (non-hydrogen) atoms. The van der Waals surface area contributed by atoms with Gasteiger partial charge in [-0.25, -0.2) is 0 Å². The lowest BCUT2D eigenvalue weighted by Crippen LogP contribution is -2.09. The summed E-state index contributed by atoms with van der Waals surface area (Å²) in [5.41, 5.74) is 7.98. The largest absolute Gasteiger partial charge is 0.370 e. The molecule has 0 saturated carbocycles. The summed E-state index contributed by atoms with van der Waals surface area (Å²) in [5, 5.41) is 2.25. The van der Waals surface area contributed by atoms with Crippen molar-refractivity contribution in [1.29, 1.82) is 0 Å². The van der Waals surface area contributed by atoms with Crippen LogP contribution < -0.4 is 11.2 Å². The molecule has 0 saturated heterocycles. The zero-order valence-corrected chi connectivity index (χ0v) is 13.6. The van der Waals surface area contributed by atoms with Gasteiger partial charge >= 0.3 is 0 Å². The molecule has 5 heteroatoms. The number of aromatic nitrogens is 2. The molecule has 5 nitrogen and oxygen atoms in total. The Morgan fingerprint density at radius 2 is 1.96 bits per heavy atom. The van der Waals surface area contributed by atoms with Gasteiger partial charge in [0.05, 0.1) is 11.0 Å². The van der Waals surface area contributed by atoms with Crippen molar-refractivity contribution in [1.82, 2.24) is 9.97 Å². The second-order valence-electron chi connectivity index (χ2n) is 5.65. The van der Waals surface area contributed by atoms with Crippen molar-refractivity contribution in [3.63, 3.8) is 0 Å². The maximum absolute atomic E-state index is 11.2. The molecule has 0 aliphatic rings. The van der Waals surface area contributed by atoms with Crippen LogP contribution in [0.4, 0.5) is 0 Å². The molecule has 4 N–H and O–H groups in total. The van der Waals surface area contributed by atoms with E-state index in [1.165, 1.54) is 0 Å². The van der Waals surface area contributed by atoms with Crippen LogP contribution in [-0.4, -0.2) is 15.9 Å². The van der Waals surface area contributed by atoms with Gasteiger partial charge in [0.1, 0.15) is 0 Å². The number of pyridine rings is 1. The highest BCUT2D eigenvalue weighted by atomic mass is 16.1. The fraction of sp³-hybridized carbons (Fsp3) is 0.333. The van der Waals surface area contributed by atoms with Gasteiger partial charge < -0.3 is 15.7 Å². The molecule has 0 radical (unpaired) electrons. The van der Waals surface area contributed by atoms with Crippen LogP contribution in [0.25, 0.3) is 21.8 Å².